The van der Waals surface area contributed by atoms with Gasteiger partial charge in [0.25, 0.3) is 0 Å². The first-order chi connectivity index (χ1) is 9.19. The number of Topliss-reactive ketones (excluding diaryl/α,β-unsaturated/α-hetero) is 1. The Labute approximate surface area is 112 Å². The minimum Gasteiger partial charge on any atom is -0.378 e. The number of aryl methyl sites for hydroxylation is 1. The molecule has 0 saturated heterocycles. The highest BCUT2D eigenvalue weighted by atomic mass is 19.1. The van der Waals surface area contributed by atoms with E-state index in [1.165, 1.54) is 17.7 Å². The molecular formula is C16H16FNO. The molecule has 1 N–H and O–H groups in total. The van der Waals surface area contributed by atoms with E-state index in [-0.39, 0.29) is 18.1 Å². The van der Waals surface area contributed by atoms with Crippen LogP contribution in [-0.4, -0.2) is 12.3 Å². The molecule has 0 atom stereocenters. The number of halogens is 1. The van der Waals surface area contributed by atoms with Gasteiger partial charge in [-0.05, 0) is 36.2 Å². The third-order valence-electron chi connectivity index (χ3n) is 2.98. The zero-order chi connectivity index (χ0) is 13.7. The lowest BCUT2D eigenvalue weighted by Crippen LogP contribution is -2.13. The van der Waals surface area contributed by atoms with E-state index in [1.54, 1.807) is 12.1 Å². The second kappa shape index (κ2) is 6.14. The van der Waals surface area contributed by atoms with Gasteiger partial charge in [-0.3, -0.25) is 4.79 Å². The Morgan fingerprint density at radius 2 is 1.68 bits per heavy atom. The Bertz CT molecular complexity index is 546. The summed E-state index contributed by atoms with van der Waals surface area (Å²) >= 11 is 0. The fraction of sp³-hybridized carbons (Fsp3) is 0.188. The Morgan fingerprint density at radius 1 is 1.05 bits per heavy atom. The van der Waals surface area contributed by atoms with Gasteiger partial charge >= 0.3 is 0 Å². The second-order valence-corrected chi connectivity index (χ2v) is 4.33. The van der Waals surface area contributed by atoms with Crippen molar-refractivity contribution in [2.24, 2.45) is 0 Å². The summed E-state index contributed by atoms with van der Waals surface area (Å²) in [6, 6.07) is 13.6. The molecule has 0 aromatic heterocycles. The molecular weight excluding hydrogens is 241 g/mol. The normalized spacial score (nSPS) is 10.2. The maximum Gasteiger partial charge on any atom is 0.181 e. The van der Waals surface area contributed by atoms with Crippen LogP contribution >= 0.6 is 0 Å². The molecule has 0 heterocycles. The van der Waals surface area contributed by atoms with Crippen LogP contribution in [0.2, 0.25) is 0 Å². The van der Waals surface area contributed by atoms with E-state index in [9.17, 15) is 9.18 Å². The Hall–Kier alpha value is -2.16. The van der Waals surface area contributed by atoms with Gasteiger partial charge in [-0.2, -0.15) is 0 Å². The molecule has 2 nitrogen and oxygen atoms in total. The maximum absolute atomic E-state index is 12.7. The van der Waals surface area contributed by atoms with Gasteiger partial charge in [0.2, 0.25) is 0 Å². The molecule has 0 radical (unpaired) electrons. The van der Waals surface area contributed by atoms with Crippen LogP contribution in [0.3, 0.4) is 0 Å². The fourth-order valence-corrected chi connectivity index (χ4v) is 1.78. The van der Waals surface area contributed by atoms with Crippen LogP contribution in [0.15, 0.2) is 48.5 Å². The monoisotopic (exact) mass is 257 g/mol. The molecule has 2 aromatic rings. The summed E-state index contributed by atoms with van der Waals surface area (Å²) in [5.74, 6) is -0.265. The van der Waals surface area contributed by atoms with Gasteiger partial charge in [0, 0.05) is 11.3 Å². The molecule has 3 heteroatoms. The van der Waals surface area contributed by atoms with Crippen molar-refractivity contribution in [1.82, 2.24) is 0 Å². The smallest absolute Gasteiger partial charge is 0.181 e. The number of hydrogen-bond acceptors (Lipinski definition) is 2. The minimum absolute atomic E-state index is 0.0204. The summed E-state index contributed by atoms with van der Waals surface area (Å²) in [5.41, 5.74) is 2.63. The molecule has 0 aliphatic rings. The fourth-order valence-electron chi connectivity index (χ4n) is 1.78. The summed E-state index contributed by atoms with van der Waals surface area (Å²) < 4.78 is 12.7. The number of hydrogen-bond donors (Lipinski definition) is 1. The molecule has 0 bridgehead atoms. The molecule has 19 heavy (non-hydrogen) atoms. The average molecular weight is 257 g/mol. The van der Waals surface area contributed by atoms with Gasteiger partial charge in [0.05, 0.1) is 6.54 Å². The highest BCUT2D eigenvalue weighted by molar-refractivity contribution is 5.98. The predicted octanol–water partition coefficient (Wildman–Crippen LogP) is 3.68. The largest absolute Gasteiger partial charge is 0.378 e. The van der Waals surface area contributed by atoms with E-state index in [2.05, 4.69) is 12.2 Å². The lowest BCUT2D eigenvalue weighted by Gasteiger charge is -2.06. The Balaban J connectivity index is 1.95. The van der Waals surface area contributed by atoms with Gasteiger partial charge in [-0.15, -0.1) is 0 Å². The Morgan fingerprint density at radius 3 is 2.26 bits per heavy atom. The standard InChI is InChI=1S/C16H16FNO/c1-2-12-3-5-13(6-4-12)16(19)11-18-15-9-7-14(17)8-10-15/h3-10,18H,2,11H2,1H3. The van der Waals surface area contributed by atoms with Crippen LogP contribution in [-0.2, 0) is 6.42 Å². The van der Waals surface area contributed by atoms with E-state index in [4.69, 9.17) is 0 Å². The van der Waals surface area contributed by atoms with Crippen LogP contribution in [0.5, 0.6) is 0 Å². The van der Waals surface area contributed by atoms with Crippen LogP contribution in [0, 0.1) is 5.82 Å². The van der Waals surface area contributed by atoms with Crippen molar-refractivity contribution in [2.45, 2.75) is 13.3 Å². The molecule has 0 unspecified atom stereocenters. The van der Waals surface area contributed by atoms with E-state index >= 15 is 0 Å². The number of ketones is 1. The summed E-state index contributed by atoms with van der Waals surface area (Å²) in [6.07, 6.45) is 0.961. The van der Waals surface area contributed by atoms with E-state index in [0.29, 0.717) is 5.56 Å². The van der Waals surface area contributed by atoms with Gasteiger partial charge in [0.15, 0.2) is 5.78 Å². The molecule has 0 fully saturated rings. The van der Waals surface area contributed by atoms with Crippen molar-refractivity contribution in [3.8, 4) is 0 Å². The van der Waals surface area contributed by atoms with Crippen LogP contribution in [0.25, 0.3) is 0 Å². The summed E-state index contributed by atoms with van der Waals surface area (Å²) in [4.78, 5) is 11.9. The zero-order valence-electron chi connectivity index (χ0n) is 10.8. The quantitative estimate of drug-likeness (QED) is 0.828. The van der Waals surface area contributed by atoms with E-state index in [1.807, 2.05) is 24.3 Å². The topological polar surface area (TPSA) is 29.1 Å². The summed E-state index contributed by atoms with van der Waals surface area (Å²) in [5, 5.41) is 2.98. The van der Waals surface area contributed by atoms with Crippen molar-refractivity contribution in [3.63, 3.8) is 0 Å². The van der Waals surface area contributed by atoms with Crippen molar-refractivity contribution >= 4 is 11.5 Å². The highest BCUT2D eigenvalue weighted by Gasteiger charge is 2.05. The summed E-state index contributed by atoms with van der Waals surface area (Å²) in [6.45, 7) is 2.28. The number of nitrogens with one attached hydrogen (secondary N) is 1. The minimum atomic E-state index is -0.285. The molecule has 0 aliphatic carbocycles. The van der Waals surface area contributed by atoms with Crippen molar-refractivity contribution in [3.05, 3.63) is 65.5 Å². The Kier molecular flexibility index (Phi) is 4.29. The van der Waals surface area contributed by atoms with Crippen LogP contribution in [0.4, 0.5) is 10.1 Å². The number of benzene rings is 2. The average Bonchev–Trinajstić information content (AvgIpc) is 2.46. The number of carbonyl (C=O) groups is 1. The first kappa shape index (κ1) is 13.3. The van der Waals surface area contributed by atoms with Gasteiger partial charge in [-0.1, -0.05) is 31.2 Å². The zero-order valence-corrected chi connectivity index (χ0v) is 10.8. The molecule has 98 valence electrons. The molecule has 0 aliphatic heterocycles. The van der Waals surface area contributed by atoms with E-state index < -0.39 is 0 Å². The molecule has 0 amide bonds. The molecule has 0 spiro atoms. The predicted molar refractivity (Wildman–Crippen MR) is 75.0 cm³/mol. The molecule has 2 aromatic carbocycles. The highest BCUT2D eigenvalue weighted by Crippen LogP contribution is 2.10. The third-order valence-corrected chi connectivity index (χ3v) is 2.98. The van der Waals surface area contributed by atoms with Gasteiger partial charge in [-0.25, -0.2) is 4.39 Å². The van der Waals surface area contributed by atoms with Crippen LogP contribution < -0.4 is 5.32 Å². The second-order valence-electron chi connectivity index (χ2n) is 4.33. The van der Waals surface area contributed by atoms with Gasteiger partial charge in [0.1, 0.15) is 5.82 Å². The van der Waals surface area contributed by atoms with Gasteiger partial charge < -0.3 is 5.32 Å². The number of carbonyl (C=O) groups excluding carboxylic acids is 1. The van der Waals surface area contributed by atoms with Crippen molar-refractivity contribution in [2.75, 3.05) is 11.9 Å². The number of rotatable bonds is 5. The number of anilines is 1. The third kappa shape index (κ3) is 3.65. The first-order valence-electron chi connectivity index (χ1n) is 6.30. The maximum atomic E-state index is 12.7. The lowest BCUT2D eigenvalue weighted by atomic mass is 10.1. The van der Waals surface area contributed by atoms with Crippen LogP contribution in [0.1, 0.15) is 22.8 Å². The lowest BCUT2D eigenvalue weighted by molar-refractivity contribution is 0.101. The SMILES string of the molecule is CCc1ccc(C(=O)CNc2ccc(F)cc2)cc1. The summed E-state index contributed by atoms with van der Waals surface area (Å²) in [7, 11) is 0. The molecule has 0 saturated carbocycles. The van der Waals surface area contributed by atoms with Crippen molar-refractivity contribution < 1.29 is 9.18 Å². The first-order valence-corrected chi connectivity index (χ1v) is 6.30. The van der Waals surface area contributed by atoms with E-state index in [0.717, 1.165) is 12.1 Å². The molecule has 2 rings (SSSR count). The van der Waals surface area contributed by atoms with Crippen molar-refractivity contribution in [1.29, 1.82) is 0 Å².